The second-order valence-electron chi connectivity index (χ2n) is 5.04. The third-order valence-electron chi connectivity index (χ3n) is 3.72. The molecule has 1 N–H and O–H groups in total. The molecule has 1 aliphatic heterocycles. The standard InChI is InChI=1S/C15H18IN3S/c1-11(19-8-6-17-7-9-19)15-18-14(10-20-15)12-2-4-13(16)5-3-12/h2-5,10-11,17H,6-9H2,1H3. The zero-order valence-electron chi connectivity index (χ0n) is 11.5. The molecule has 0 spiro atoms. The fourth-order valence-corrected chi connectivity index (χ4v) is 3.74. The van der Waals surface area contributed by atoms with E-state index in [2.05, 4.69) is 69.4 Å². The highest BCUT2D eigenvalue weighted by Gasteiger charge is 2.20. The van der Waals surface area contributed by atoms with Gasteiger partial charge in [0.05, 0.1) is 11.7 Å². The zero-order chi connectivity index (χ0) is 13.9. The third kappa shape index (κ3) is 3.21. The van der Waals surface area contributed by atoms with Crippen LogP contribution in [0.2, 0.25) is 0 Å². The van der Waals surface area contributed by atoms with Crippen LogP contribution in [-0.4, -0.2) is 36.1 Å². The quantitative estimate of drug-likeness (QED) is 0.803. The Bertz CT molecular complexity index is 561. The van der Waals surface area contributed by atoms with E-state index in [9.17, 15) is 0 Å². The number of aromatic nitrogens is 1. The van der Waals surface area contributed by atoms with Crippen LogP contribution < -0.4 is 5.32 Å². The van der Waals surface area contributed by atoms with Crippen molar-refractivity contribution in [3.8, 4) is 11.3 Å². The Balaban J connectivity index is 1.77. The molecule has 2 heterocycles. The molecule has 1 unspecified atom stereocenters. The smallest absolute Gasteiger partial charge is 0.110 e. The summed E-state index contributed by atoms with van der Waals surface area (Å²) in [4.78, 5) is 7.35. The summed E-state index contributed by atoms with van der Waals surface area (Å²) in [5.41, 5.74) is 2.31. The molecule has 0 amide bonds. The van der Waals surface area contributed by atoms with Crippen LogP contribution in [-0.2, 0) is 0 Å². The molecule has 1 saturated heterocycles. The van der Waals surface area contributed by atoms with E-state index in [4.69, 9.17) is 4.98 Å². The van der Waals surface area contributed by atoms with Gasteiger partial charge >= 0.3 is 0 Å². The molecule has 1 aromatic carbocycles. The van der Waals surface area contributed by atoms with Gasteiger partial charge in [0.1, 0.15) is 5.01 Å². The van der Waals surface area contributed by atoms with Gasteiger partial charge in [0.15, 0.2) is 0 Å². The topological polar surface area (TPSA) is 28.2 Å². The molecule has 0 aliphatic carbocycles. The summed E-state index contributed by atoms with van der Waals surface area (Å²) in [5, 5.41) is 6.80. The Hall–Kier alpha value is -0.500. The highest BCUT2D eigenvalue weighted by molar-refractivity contribution is 14.1. The number of nitrogens with one attached hydrogen (secondary N) is 1. The molecule has 1 aliphatic rings. The van der Waals surface area contributed by atoms with Crippen LogP contribution in [0.4, 0.5) is 0 Å². The number of benzene rings is 1. The van der Waals surface area contributed by atoms with Gasteiger partial charge in [0.25, 0.3) is 0 Å². The number of rotatable bonds is 3. The Morgan fingerprint density at radius 2 is 1.95 bits per heavy atom. The number of piperazine rings is 1. The molecule has 0 radical (unpaired) electrons. The van der Waals surface area contributed by atoms with Crippen LogP contribution in [0.5, 0.6) is 0 Å². The first-order chi connectivity index (χ1) is 9.74. The van der Waals surface area contributed by atoms with Crippen LogP contribution in [0.1, 0.15) is 18.0 Å². The van der Waals surface area contributed by atoms with E-state index < -0.39 is 0 Å². The van der Waals surface area contributed by atoms with Crippen LogP contribution in [0.25, 0.3) is 11.3 Å². The van der Waals surface area contributed by atoms with E-state index in [0.29, 0.717) is 6.04 Å². The van der Waals surface area contributed by atoms with Crippen molar-refractivity contribution >= 4 is 33.9 Å². The van der Waals surface area contributed by atoms with Gasteiger partial charge in [0.2, 0.25) is 0 Å². The molecule has 3 nitrogen and oxygen atoms in total. The fraction of sp³-hybridized carbons (Fsp3) is 0.400. The summed E-state index contributed by atoms with van der Waals surface area (Å²) < 4.78 is 1.26. The van der Waals surface area contributed by atoms with Gasteiger partial charge in [0, 0.05) is 40.7 Å². The Kier molecular flexibility index (Phi) is 4.70. The summed E-state index contributed by atoms with van der Waals surface area (Å²) in [5.74, 6) is 0. The molecule has 1 fully saturated rings. The van der Waals surface area contributed by atoms with Gasteiger partial charge in [-0.15, -0.1) is 11.3 Å². The van der Waals surface area contributed by atoms with E-state index in [-0.39, 0.29) is 0 Å². The number of thiazole rings is 1. The summed E-state index contributed by atoms with van der Waals surface area (Å²) >= 11 is 4.11. The fourth-order valence-electron chi connectivity index (χ4n) is 2.46. The Morgan fingerprint density at radius 3 is 2.65 bits per heavy atom. The van der Waals surface area contributed by atoms with Gasteiger partial charge in [-0.1, -0.05) is 12.1 Å². The summed E-state index contributed by atoms with van der Waals surface area (Å²) in [6.07, 6.45) is 0. The number of hydrogen-bond acceptors (Lipinski definition) is 4. The van der Waals surface area contributed by atoms with Crippen molar-refractivity contribution < 1.29 is 0 Å². The van der Waals surface area contributed by atoms with E-state index in [1.807, 2.05) is 0 Å². The van der Waals surface area contributed by atoms with E-state index in [1.165, 1.54) is 14.1 Å². The highest BCUT2D eigenvalue weighted by atomic mass is 127. The van der Waals surface area contributed by atoms with Crippen LogP contribution >= 0.6 is 33.9 Å². The number of hydrogen-bond donors (Lipinski definition) is 1. The molecular formula is C15H18IN3S. The molecule has 0 saturated carbocycles. The summed E-state index contributed by atoms with van der Waals surface area (Å²) in [6.45, 7) is 6.65. The van der Waals surface area contributed by atoms with Crippen LogP contribution in [0, 0.1) is 3.57 Å². The van der Waals surface area contributed by atoms with Gasteiger partial charge in [-0.05, 0) is 41.6 Å². The average Bonchev–Trinajstić information content (AvgIpc) is 2.98. The van der Waals surface area contributed by atoms with Crippen LogP contribution in [0.15, 0.2) is 29.6 Å². The molecule has 5 heteroatoms. The second kappa shape index (κ2) is 6.51. The van der Waals surface area contributed by atoms with Crippen molar-refractivity contribution in [2.45, 2.75) is 13.0 Å². The monoisotopic (exact) mass is 399 g/mol. The predicted octanol–water partition coefficient (Wildman–Crippen LogP) is 3.38. The second-order valence-corrected chi connectivity index (χ2v) is 7.18. The molecule has 1 atom stereocenters. The minimum absolute atomic E-state index is 0.416. The van der Waals surface area contributed by atoms with Crippen molar-refractivity contribution in [1.82, 2.24) is 15.2 Å². The molecule has 3 rings (SSSR count). The zero-order valence-corrected chi connectivity index (χ0v) is 14.4. The maximum Gasteiger partial charge on any atom is 0.110 e. The van der Waals surface area contributed by atoms with Crippen molar-refractivity contribution in [2.75, 3.05) is 26.2 Å². The predicted molar refractivity (Wildman–Crippen MR) is 93.1 cm³/mol. The van der Waals surface area contributed by atoms with Crippen LogP contribution in [0.3, 0.4) is 0 Å². The lowest BCUT2D eigenvalue weighted by molar-refractivity contribution is 0.185. The van der Waals surface area contributed by atoms with E-state index >= 15 is 0 Å². The molecule has 1 aromatic heterocycles. The normalized spacial score (nSPS) is 18.1. The maximum atomic E-state index is 4.84. The number of nitrogens with zero attached hydrogens (tertiary/aromatic N) is 2. The first-order valence-corrected chi connectivity index (χ1v) is 8.86. The SMILES string of the molecule is CC(c1nc(-c2ccc(I)cc2)cs1)N1CCNCC1. The molecule has 2 aromatic rings. The van der Waals surface area contributed by atoms with Gasteiger partial charge < -0.3 is 5.32 Å². The van der Waals surface area contributed by atoms with E-state index in [1.54, 1.807) is 11.3 Å². The molecule has 0 bridgehead atoms. The van der Waals surface area contributed by atoms with Crippen molar-refractivity contribution in [3.05, 3.63) is 38.2 Å². The third-order valence-corrected chi connectivity index (χ3v) is 5.45. The van der Waals surface area contributed by atoms with Crippen molar-refractivity contribution in [2.24, 2.45) is 0 Å². The first-order valence-electron chi connectivity index (χ1n) is 6.90. The molecule has 20 heavy (non-hydrogen) atoms. The minimum atomic E-state index is 0.416. The lowest BCUT2D eigenvalue weighted by Gasteiger charge is -2.31. The summed E-state index contributed by atoms with van der Waals surface area (Å²) in [7, 11) is 0. The summed E-state index contributed by atoms with van der Waals surface area (Å²) in [6, 6.07) is 8.98. The number of halogens is 1. The highest BCUT2D eigenvalue weighted by Crippen LogP contribution is 2.28. The lowest BCUT2D eigenvalue weighted by Crippen LogP contribution is -2.44. The maximum absolute atomic E-state index is 4.84. The Labute approximate surface area is 137 Å². The van der Waals surface area contributed by atoms with Gasteiger partial charge in [-0.25, -0.2) is 4.98 Å². The average molecular weight is 399 g/mol. The molecular weight excluding hydrogens is 381 g/mol. The van der Waals surface area contributed by atoms with Gasteiger partial charge in [-0.3, -0.25) is 4.90 Å². The van der Waals surface area contributed by atoms with Crippen molar-refractivity contribution in [3.63, 3.8) is 0 Å². The van der Waals surface area contributed by atoms with E-state index in [0.717, 1.165) is 31.9 Å². The lowest BCUT2D eigenvalue weighted by atomic mass is 10.2. The first kappa shape index (κ1) is 14.4. The largest absolute Gasteiger partial charge is 0.314 e. The minimum Gasteiger partial charge on any atom is -0.314 e. The molecule has 106 valence electrons. The van der Waals surface area contributed by atoms with Crippen molar-refractivity contribution in [1.29, 1.82) is 0 Å². The van der Waals surface area contributed by atoms with Gasteiger partial charge in [-0.2, -0.15) is 0 Å². The Morgan fingerprint density at radius 1 is 1.25 bits per heavy atom.